The van der Waals surface area contributed by atoms with Crippen molar-refractivity contribution < 1.29 is 23.9 Å². The number of hydrogen-bond acceptors (Lipinski definition) is 5. The van der Waals surface area contributed by atoms with Crippen molar-refractivity contribution in [1.29, 1.82) is 0 Å². The molecular formula is C30H26N4O5. The van der Waals surface area contributed by atoms with Crippen LogP contribution in [0.1, 0.15) is 5.56 Å². The number of carbonyl (C=O) groups is 4. The van der Waals surface area contributed by atoms with Crippen molar-refractivity contribution >= 4 is 52.1 Å². The lowest BCUT2D eigenvalue weighted by molar-refractivity contribution is -0.129. The van der Waals surface area contributed by atoms with E-state index in [2.05, 4.69) is 5.32 Å². The number of methoxy groups -OCH3 is 1. The molecule has 39 heavy (non-hydrogen) atoms. The third kappa shape index (κ3) is 5.21. The van der Waals surface area contributed by atoms with Crippen LogP contribution >= 0.6 is 0 Å². The summed E-state index contributed by atoms with van der Waals surface area (Å²) in [6.07, 6.45) is 3.21. The number of para-hydroxylation sites is 3. The molecule has 1 saturated heterocycles. The first-order chi connectivity index (χ1) is 19.0. The van der Waals surface area contributed by atoms with E-state index in [9.17, 15) is 19.2 Å². The Morgan fingerprint density at radius 3 is 2.26 bits per heavy atom. The smallest absolute Gasteiger partial charge is 0.338 e. The molecule has 1 N–H and O–H groups in total. The zero-order chi connectivity index (χ0) is 27.4. The predicted molar refractivity (Wildman–Crippen MR) is 148 cm³/mol. The monoisotopic (exact) mass is 522 g/mol. The summed E-state index contributed by atoms with van der Waals surface area (Å²) < 4.78 is 6.86. The van der Waals surface area contributed by atoms with E-state index in [0.717, 1.165) is 20.7 Å². The number of amides is 5. The third-order valence-electron chi connectivity index (χ3n) is 6.36. The molecule has 1 fully saturated rings. The fraction of sp³-hybridized carbons (Fsp3) is 0.133. The van der Waals surface area contributed by atoms with Crippen LogP contribution in [0.5, 0.6) is 0 Å². The highest BCUT2D eigenvalue weighted by atomic mass is 16.5. The number of nitrogens with one attached hydrogen (secondary N) is 1. The van der Waals surface area contributed by atoms with Gasteiger partial charge in [-0.1, -0.05) is 54.6 Å². The molecular weight excluding hydrogens is 496 g/mol. The van der Waals surface area contributed by atoms with Gasteiger partial charge in [-0.2, -0.15) is 0 Å². The first kappa shape index (κ1) is 25.6. The minimum atomic E-state index is -0.731. The summed E-state index contributed by atoms with van der Waals surface area (Å²) >= 11 is 0. The van der Waals surface area contributed by atoms with Crippen molar-refractivity contribution in [2.24, 2.45) is 0 Å². The average Bonchev–Trinajstić information content (AvgIpc) is 3.29. The Balaban J connectivity index is 1.53. The molecule has 0 bridgehead atoms. The lowest BCUT2D eigenvalue weighted by Crippen LogP contribution is -2.57. The molecule has 0 unspecified atom stereocenters. The largest absolute Gasteiger partial charge is 0.383 e. The normalized spacial score (nSPS) is 14.9. The predicted octanol–water partition coefficient (Wildman–Crippen LogP) is 4.31. The second kappa shape index (κ2) is 11.2. The minimum absolute atomic E-state index is 0.0104. The zero-order valence-corrected chi connectivity index (χ0v) is 21.2. The van der Waals surface area contributed by atoms with Gasteiger partial charge >= 0.3 is 6.03 Å². The molecule has 5 rings (SSSR count). The number of aromatic nitrogens is 1. The van der Waals surface area contributed by atoms with Crippen LogP contribution in [0.15, 0.2) is 96.7 Å². The molecule has 5 amide bonds. The number of rotatable bonds is 8. The summed E-state index contributed by atoms with van der Waals surface area (Å²) in [6, 6.07) is 24.3. The quantitative estimate of drug-likeness (QED) is 0.275. The lowest BCUT2D eigenvalue weighted by Gasteiger charge is -2.33. The number of imide groups is 2. The van der Waals surface area contributed by atoms with E-state index in [1.807, 2.05) is 42.5 Å². The van der Waals surface area contributed by atoms with Gasteiger partial charge in [-0.25, -0.2) is 9.69 Å². The molecule has 0 spiro atoms. The molecule has 1 aromatic heterocycles. The molecule has 9 nitrogen and oxygen atoms in total. The molecule has 0 saturated carbocycles. The Morgan fingerprint density at radius 2 is 1.54 bits per heavy atom. The Bertz CT molecular complexity index is 1580. The number of anilines is 2. The average molecular weight is 523 g/mol. The fourth-order valence-corrected chi connectivity index (χ4v) is 4.51. The van der Waals surface area contributed by atoms with E-state index >= 15 is 0 Å². The molecule has 0 aliphatic carbocycles. The highest BCUT2D eigenvalue weighted by molar-refractivity contribution is 6.39. The number of ether oxygens (including phenoxy) is 1. The Labute approximate surface area is 224 Å². The van der Waals surface area contributed by atoms with Gasteiger partial charge in [-0.05, 0) is 36.4 Å². The van der Waals surface area contributed by atoms with Gasteiger partial charge in [0.2, 0.25) is 5.91 Å². The lowest BCUT2D eigenvalue weighted by atomic mass is 10.0. The summed E-state index contributed by atoms with van der Waals surface area (Å²) in [6.45, 7) is 0.135. The number of nitrogens with zero attached hydrogens (tertiary/aromatic N) is 3. The topological polar surface area (TPSA) is 101 Å². The maximum Gasteiger partial charge on any atom is 0.338 e. The molecule has 2 heterocycles. The molecule has 196 valence electrons. The highest BCUT2D eigenvalue weighted by Gasteiger charge is 2.42. The van der Waals surface area contributed by atoms with E-state index in [4.69, 9.17) is 4.74 Å². The van der Waals surface area contributed by atoms with Crippen LogP contribution < -0.4 is 10.2 Å². The minimum Gasteiger partial charge on any atom is -0.383 e. The molecule has 4 aromatic rings. The molecule has 3 aromatic carbocycles. The summed E-state index contributed by atoms with van der Waals surface area (Å²) in [5.41, 5.74) is 2.21. The van der Waals surface area contributed by atoms with Crippen LogP contribution in [0.2, 0.25) is 0 Å². The molecule has 0 radical (unpaired) electrons. The van der Waals surface area contributed by atoms with E-state index < -0.39 is 17.8 Å². The second-order valence-electron chi connectivity index (χ2n) is 8.91. The number of fused-ring (bicyclic) bond motifs is 1. The van der Waals surface area contributed by atoms with E-state index in [1.165, 1.54) is 13.2 Å². The first-order valence-corrected chi connectivity index (χ1v) is 12.4. The Hall–Kier alpha value is -5.02. The van der Waals surface area contributed by atoms with Crippen LogP contribution in [0.25, 0.3) is 17.0 Å². The van der Waals surface area contributed by atoms with Gasteiger partial charge < -0.3 is 14.6 Å². The second-order valence-corrected chi connectivity index (χ2v) is 8.91. The van der Waals surface area contributed by atoms with Crippen molar-refractivity contribution in [2.75, 3.05) is 30.5 Å². The van der Waals surface area contributed by atoms with Gasteiger partial charge in [0.15, 0.2) is 0 Å². The number of urea groups is 1. The first-order valence-electron chi connectivity index (χ1n) is 12.4. The van der Waals surface area contributed by atoms with Crippen LogP contribution in [0, 0.1) is 0 Å². The SMILES string of the molecule is COCCN1C(=O)/C(=C/c2cn(CC(=O)Nc3ccccc3)c3ccccc23)C(=O)N(c2ccccc2)C1=O. The zero-order valence-electron chi connectivity index (χ0n) is 21.2. The number of hydrogen-bond donors (Lipinski definition) is 1. The van der Waals surface area contributed by atoms with Crippen LogP contribution in [-0.2, 0) is 25.7 Å². The fourth-order valence-electron chi connectivity index (χ4n) is 4.51. The van der Waals surface area contributed by atoms with Crippen molar-refractivity contribution in [3.8, 4) is 0 Å². The van der Waals surface area contributed by atoms with Crippen molar-refractivity contribution in [2.45, 2.75) is 6.54 Å². The van der Waals surface area contributed by atoms with Crippen LogP contribution in [0.3, 0.4) is 0 Å². The van der Waals surface area contributed by atoms with Crippen molar-refractivity contribution in [1.82, 2.24) is 9.47 Å². The number of barbiturate groups is 1. The Kier molecular flexibility index (Phi) is 7.33. The van der Waals surface area contributed by atoms with Gasteiger partial charge in [0, 0.05) is 35.5 Å². The van der Waals surface area contributed by atoms with Crippen LogP contribution in [0.4, 0.5) is 16.2 Å². The number of carbonyl (C=O) groups excluding carboxylic acids is 4. The Morgan fingerprint density at radius 1 is 0.872 bits per heavy atom. The highest BCUT2D eigenvalue weighted by Crippen LogP contribution is 2.29. The van der Waals surface area contributed by atoms with Gasteiger partial charge in [0.05, 0.1) is 18.8 Å². The molecule has 1 aliphatic heterocycles. The van der Waals surface area contributed by atoms with E-state index in [0.29, 0.717) is 16.9 Å². The molecule has 1 aliphatic rings. The van der Waals surface area contributed by atoms with Gasteiger partial charge in [-0.15, -0.1) is 0 Å². The maximum absolute atomic E-state index is 13.6. The van der Waals surface area contributed by atoms with Gasteiger partial charge in [-0.3, -0.25) is 19.3 Å². The standard InChI is InChI=1S/C30H26N4O5/c1-39-17-16-33-28(36)25(29(37)34(30(33)38)23-12-6-3-7-13-23)18-21-19-32(26-15-9-8-14-24(21)26)20-27(35)31-22-10-4-2-5-11-22/h2-15,18-19H,16-17,20H2,1H3,(H,31,35)/b25-18-. The molecule has 9 heteroatoms. The van der Waals surface area contributed by atoms with Crippen molar-refractivity contribution in [3.05, 3.63) is 102 Å². The summed E-state index contributed by atoms with van der Waals surface area (Å²) in [5, 5.41) is 3.62. The van der Waals surface area contributed by atoms with Gasteiger partial charge in [0.25, 0.3) is 11.8 Å². The van der Waals surface area contributed by atoms with Gasteiger partial charge in [0.1, 0.15) is 12.1 Å². The number of benzene rings is 3. The maximum atomic E-state index is 13.6. The van der Waals surface area contributed by atoms with E-state index in [1.54, 1.807) is 53.2 Å². The van der Waals surface area contributed by atoms with Crippen LogP contribution in [-0.4, -0.2) is 53.5 Å². The van der Waals surface area contributed by atoms with E-state index in [-0.39, 0.29) is 31.2 Å². The molecule has 0 atom stereocenters. The summed E-state index contributed by atoms with van der Waals surface area (Å²) in [7, 11) is 1.47. The summed E-state index contributed by atoms with van der Waals surface area (Å²) in [4.78, 5) is 55.0. The van der Waals surface area contributed by atoms with Crippen molar-refractivity contribution in [3.63, 3.8) is 0 Å². The summed E-state index contributed by atoms with van der Waals surface area (Å²) in [5.74, 6) is -1.64. The third-order valence-corrected chi connectivity index (χ3v) is 6.36.